The monoisotopic (exact) mass is 461 g/mol. The first-order valence-electron chi connectivity index (χ1n) is 11.6. The van der Waals surface area contributed by atoms with E-state index in [0.29, 0.717) is 43.4 Å². The predicted octanol–water partition coefficient (Wildman–Crippen LogP) is 4.82. The molecule has 2 aliphatic rings. The fourth-order valence-corrected chi connectivity index (χ4v) is 4.26. The number of halogens is 3. The molecule has 0 aromatic carbocycles. The summed E-state index contributed by atoms with van der Waals surface area (Å²) in [7, 11) is 0. The van der Waals surface area contributed by atoms with E-state index in [1.807, 2.05) is 18.7 Å². The van der Waals surface area contributed by atoms with Crippen LogP contribution in [-0.4, -0.2) is 42.1 Å². The number of amides is 1. The molecule has 1 aliphatic carbocycles. The highest BCUT2D eigenvalue weighted by atomic mass is 19.4. The fraction of sp³-hybridized carbons (Fsp3) is 0.542. The van der Waals surface area contributed by atoms with Gasteiger partial charge in [-0.05, 0) is 43.4 Å². The molecule has 9 heteroatoms. The van der Waals surface area contributed by atoms with Gasteiger partial charge in [-0.2, -0.15) is 13.2 Å². The highest BCUT2D eigenvalue weighted by Crippen LogP contribution is 2.39. The molecule has 1 unspecified atom stereocenters. The number of rotatable bonds is 6. The quantitative estimate of drug-likeness (QED) is 0.645. The topological polar surface area (TPSA) is 70.2 Å². The second-order valence-electron chi connectivity index (χ2n) is 8.88. The minimum atomic E-state index is -4.49. The lowest BCUT2D eigenvalue weighted by Crippen LogP contribution is -2.44. The Morgan fingerprint density at radius 3 is 2.61 bits per heavy atom. The maximum Gasteiger partial charge on any atom is 0.416 e. The summed E-state index contributed by atoms with van der Waals surface area (Å²) < 4.78 is 41.4. The number of nitrogens with zero attached hydrogens (tertiary/aromatic N) is 3. The van der Waals surface area contributed by atoms with Crippen LogP contribution in [0.4, 0.5) is 24.8 Å². The molecule has 2 aromatic heterocycles. The number of carbonyl (C=O) groups is 1. The van der Waals surface area contributed by atoms with Crippen molar-refractivity contribution in [3.05, 3.63) is 35.5 Å². The first-order valence-corrected chi connectivity index (χ1v) is 11.6. The van der Waals surface area contributed by atoms with Crippen molar-refractivity contribution in [2.24, 2.45) is 5.92 Å². The maximum absolute atomic E-state index is 13.8. The Labute approximate surface area is 192 Å². The average molecular weight is 462 g/mol. The van der Waals surface area contributed by atoms with Gasteiger partial charge < -0.3 is 15.5 Å². The molecule has 2 aromatic rings. The lowest BCUT2D eigenvalue weighted by Gasteiger charge is -2.29. The van der Waals surface area contributed by atoms with Crippen LogP contribution in [0.3, 0.4) is 0 Å². The molecule has 0 radical (unpaired) electrons. The van der Waals surface area contributed by atoms with Crippen molar-refractivity contribution >= 4 is 17.5 Å². The zero-order valence-electron chi connectivity index (χ0n) is 19.0. The van der Waals surface area contributed by atoms with Crippen LogP contribution < -0.4 is 15.5 Å². The molecule has 3 heterocycles. The molecule has 1 atom stereocenters. The molecule has 2 fully saturated rings. The Morgan fingerprint density at radius 2 is 2.00 bits per heavy atom. The smallest absolute Gasteiger partial charge is 0.354 e. The summed E-state index contributed by atoms with van der Waals surface area (Å²) in [6.07, 6.45) is 0.525. The number of pyridine rings is 2. The van der Waals surface area contributed by atoms with E-state index in [0.717, 1.165) is 43.4 Å². The largest absolute Gasteiger partial charge is 0.416 e. The zero-order chi connectivity index (χ0) is 23.6. The normalized spacial score (nSPS) is 18.0. The molecule has 0 spiro atoms. The predicted molar refractivity (Wildman–Crippen MR) is 122 cm³/mol. The van der Waals surface area contributed by atoms with Gasteiger partial charge >= 0.3 is 6.18 Å². The molecule has 1 saturated carbocycles. The van der Waals surface area contributed by atoms with Gasteiger partial charge in [0.15, 0.2) is 0 Å². The molecule has 0 bridgehead atoms. The fourth-order valence-electron chi connectivity index (χ4n) is 4.26. The van der Waals surface area contributed by atoms with Crippen LogP contribution in [0, 0.1) is 5.92 Å². The Kier molecular flexibility index (Phi) is 6.88. The van der Waals surface area contributed by atoms with E-state index < -0.39 is 11.7 Å². The first-order chi connectivity index (χ1) is 15.8. The van der Waals surface area contributed by atoms with Gasteiger partial charge in [-0.3, -0.25) is 4.79 Å². The van der Waals surface area contributed by atoms with Crippen molar-refractivity contribution in [3.8, 4) is 11.3 Å². The van der Waals surface area contributed by atoms with Crippen molar-refractivity contribution in [2.45, 2.75) is 51.6 Å². The molecule has 1 saturated heterocycles. The molecule has 178 valence electrons. The van der Waals surface area contributed by atoms with Crippen molar-refractivity contribution in [2.75, 3.05) is 36.4 Å². The van der Waals surface area contributed by atoms with Crippen LogP contribution in [0.2, 0.25) is 0 Å². The molecule has 4 rings (SSSR count). The molecule has 1 amide bonds. The number of nitrogens with one attached hydrogen (secondary N) is 2. The first kappa shape index (κ1) is 23.5. The van der Waals surface area contributed by atoms with E-state index in [1.54, 1.807) is 6.07 Å². The highest BCUT2D eigenvalue weighted by molar-refractivity contribution is 5.94. The number of alkyl halides is 3. The minimum absolute atomic E-state index is 0.0220. The Hall–Kier alpha value is -2.68. The van der Waals surface area contributed by atoms with Gasteiger partial charge in [0.25, 0.3) is 0 Å². The third-order valence-corrected chi connectivity index (χ3v) is 6.67. The van der Waals surface area contributed by atoms with E-state index in [1.165, 1.54) is 6.20 Å². The standard InChI is InChI=1S/C24H30F3N5O/c1-3-15(2)21-18(7-8-29-22(21)31-23(33)16-5-4-6-16)19-13-17(24(25,26)27)14-20(30-19)32-11-9-28-10-12-32/h7-8,13-16,28H,3-6,9-12H2,1-2H3,(H,29,31,33). The van der Waals surface area contributed by atoms with Gasteiger partial charge in [-0.15, -0.1) is 0 Å². The SMILES string of the molecule is CCC(C)c1c(-c2cc(C(F)(F)F)cc(N3CCNCC3)n2)ccnc1NC(=O)C1CCC1. The molecule has 6 nitrogen and oxygen atoms in total. The summed E-state index contributed by atoms with van der Waals surface area (Å²) in [6.45, 7) is 6.56. The maximum atomic E-state index is 13.8. The Morgan fingerprint density at radius 1 is 1.27 bits per heavy atom. The van der Waals surface area contributed by atoms with Crippen molar-refractivity contribution in [3.63, 3.8) is 0 Å². The van der Waals surface area contributed by atoms with Gasteiger partial charge in [-0.1, -0.05) is 20.3 Å². The Bertz CT molecular complexity index is 1000. The van der Waals surface area contributed by atoms with Crippen molar-refractivity contribution in [1.82, 2.24) is 15.3 Å². The van der Waals surface area contributed by atoms with E-state index in [4.69, 9.17) is 0 Å². The number of carbonyl (C=O) groups excluding carboxylic acids is 1. The van der Waals surface area contributed by atoms with Crippen LogP contribution >= 0.6 is 0 Å². The number of hydrogen-bond acceptors (Lipinski definition) is 5. The van der Waals surface area contributed by atoms with Gasteiger partial charge in [0, 0.05) is 49.4 Å². The van der Waals surface area contributed by atoms with Crippen LogP contribution in [0.1, 0.15) is 56.6 Å². The third kappa shape index (κ3) is 5.13. The number of hydrogen-bond donors (Lipinski definition) is 2. The number of aromatic nitrogens is 2. The van der Waals surface area contributed by atoms with Crippen LogP contribution in [0.25, 0.3) is 11.3 Å². The van der Waals surface area contributed by atoms with E-state index >= 15 is 0 Å². The van der Waals surface area contributed by atoms with Crippen molar-refractivity contribution in [1.29, 1.82) is 0 Å². The molecular weight excluding hydrogens is 431 g/mol. The van der Waals surface area contributed by atoms with Gasteiger partial charge in [-0.25, -0.2) is 9.97 Å². The molecule has 2 N–H and O–H groups in total. The number of piperazine rings is 1. The summed E-state index contributed by atoms with van der Waals surface area (Å²) in [6, 6.07) is 3.92. The lowest BCUT2D eigenvalue weighted by atomic mass is 9.84. The van der Waals surface area contributed by atoms with Crippen LogP contribution in [0.5, 0.6) is 0 Å². The summed E-state index contributed by atoms with van der Waals surface area (Å²) in [5.41, 5.74) is 0.819. The van der Waals surface area contributed by atoms with Gasteiger partial charge in [0.2, 0.25) is 5.91 Å². The summed E-state index contributed by atoms with van der Waals surface area (Å²) >= 11 is 0. The summed E-state index contributed by atoms with van der Waals surface area (Å²) in [4.78, 5) is 23.6. The second-order valence-corrected chi connectivity index (χ2v) is 8.88. The molecule has 1 aliphatic heterocycles. The number of anilines is 2. The van der Waals surface area contributed by atoms with Crippen LogP contribution in [0.15, 0.2) is 24.4 Å². The highest BCUT2D eigenvalue weighted by Gasteiger charge is 2.33. The van der Waals surface area contributed by atoms with Gasteiger partial charge in [0.1, 0.15) is 11.6 Å². The van der Waals surface area contributed by atoms with Crippen molar-refractivity contribution < 1.29 is 18.0 Å². The molecule has 33 heavy (non-hydrogen) atoms. The molecular formula is C24H30F3N5O. The second kappa shape index (κ2) is 9.67. The summed E-state index contributed by atoms with van der Waals surface area (Å²) in [5, 5.41) is 6.15. The van der Waals surface area contributed by atoms with Crippen LogP contribution in [-0.2, 0) is 11.0 Å². The summed E-state index contributed by atoms with van der Waals surface area (Å²) in [5.74, 6) is 0.611. The zero-order valence-corrected chi connectivity index (χ0v) is 19.0. The van der Waals surface area contributed by atoms with E-state index in [-0.39, 0.29) is 23.4 Å². The van der Waals surface area contributed by atoms with E-state index in [9.17, 15) is 18.0 Å². The van der Waals surface area contributed by atoms with Gasteiger partial charge in [0.05, 0.1) is 11.3 Å². The third-order valence-electron chi connectivity index (χ3n) is 6.67. The average Bonchev–Trinajstić information content (AvgIpc) is 2.77. The minimum Gasteiger partial charge on any atom is -0.354 e. The Balaban J connectivity index is 1.81. The lowest BCUT2D eigenvalue weighted by molar-refractivity contribution is -0.137. The van der Waals surface area contributed by atoms with E-state index in [2.05, 4.69) is 20.6 Å².